The summed E-state index contributed by atoms with van der Waals surface area (Å²) in [5, 5.41) is 0.998. The summed E-state index contributed by atoms with van der Waals surface area (Å²) in [6, 6.07) is 19.8. The summed E-state index contributed by atoms with van der Waals surface area (Å²) in [7, 11) is 3.47. The van der Waals surface area contributed by atoms with Crippen molar-refractivity contribution < 1.29 is 14.3 Å². The highest BCUT2D eigenvalue weighted by Crippen LogP contribution is 2.30. The molecule has 2 aromatic carbocycles. The number of benzene rings is 2. The Hall–Kier alpha value is -2.96. The Balaban J connectivity index is 1.70. The van der Waals surface area contributed by atoms with Gasteiger partial charge in [0.25, 0.3) is 0 Å². The van der Waals surface area contributed by atoms with Crippen LogP contribution in [0.4, 0.5) is 5.69 Å². The molecular formula is C23H25N3O3. The number of ether oxygens (including phenoxy) is 2. The molecule has 1 aliphatic heterocycles. The number of carbonyl (C=O) groups excluding carboxylic acids is 1. The number of methoxy groups -OCH3 is 1. The van der Waals surface area contributed by atoms with Crippen LogP contribution in [-0.2, 0) is 16.1 Å². The molecule has 3 aromatic rings. The topological polar surface area (TPSA) is 54.9 Å². The molecule has 150 valence electrons. The van der Waals surface area contributed by atoms with E-state index >= 15 is 0 Å². The summed E-state index contributed by atoms with van der Waals surface area (Å²) in [6.07, 6.45) is -0.134. The third-order valence-corrected chi connectivity index (χ3v) is 5.22. The number of carbonyl (C=O) groups is 1. The minimum Gasteiger partial charge on any atom is -0.464 e. The molecule has 0 amide bonds. The molecule has 0 N–H and O–H groups in total. The Bertz CT molecular complexity index is 993. The molecule has 0 aliphatic carbocycles. The first-order chi connectivity index (χ1) is 14.2. The zero-order valence-electron chi connectivity index (χ0n) is 16.7. The SMILES string of the molecule is COC(=O)c1cc(N2CCN(C)CC2OCc2ccccc2)c2ccccc2n1. The molecule has 2 heterocycles. The fourth-order valence-electron chi connectivity index (χ4n) is 3.67. The van der Waals surface area contributed by atoms with Crippen LogP contribution < -0.4 is 4.90 Å². The van der Waals surface area contributed by atoms with Crippen LogP contribution in [0.3, 0.4) is 0 Å². The van der Waals surface area contributed by atoms with Crippen molar-refractivity contribution in [3.05, 3.63) is 71.9 Å². The maximum Gasteiger partial charge on any atom is 0.356 e. The van der Waals surface area contributed by atoms with Crippen LogP contribution in [0, 0.1) is 0 Å². The highest BCUT2D eigenvalue weighted by atomic mass is 16.5. The number of rotatable bonds is 5. The van der Waals surface area contributed by atoms with Gasteiger partial charge in [-0.3, -0.25) is 0 Å². The summed E-state index contributed by atoms with van der Waals surface area (Å²) in [5.41, 5.74) is 3.16. The average Bonchev–Trinajstić information content (AvgIpc) is 2.77. The lowest BCUT2D eigenvalue weighted by molar-refractivity contribution is 0.00382. The van der Waals surface area contributed by atoms with Gasteiger partial charge in [0.2, 0.25) is 0 Å². The molecule has 1 unspecified atom stereocenters. The van der Waals surface area contributed by atoms with Crippen molar-refractivity contribution in [3.8, 4) is 0 Å². The highest BCUT2D eigenvalue weighted by molar-refractivity contribution is 5.98. The average molecular weight is 391 g/mol. The minimum atomic E-state index is -0.437. The Morgan fingerprint density at radius 1 is 1.10 bits per heavy atom. The van der Waals surface area contributed by atoms with Gasteiger partial charge in [0, 0.05) is 25.0 Å². The maximum atomic E-state index is 12.2. The Morgan fingerprint density at radius 2 is 1.86 bits per heavy atom. The summed E-state index contributed by atoms with van der Waals surface area (Å²) in [6.45, 7) is 3.01. The van der Waals surface area contributed by atoms with Gasteiger partial charge in [-0.05, 0) is 24.7 Å². The van der Waals surface area contributed by atoms with E-state index in [2.05, 4.69) is 34.0 Å². The van der Waals surface area contributed by atoms with E-state index in [-0.39, 0.29) is 6.23 Å². The number of aromatic nitrogens is 1. The molecule has 0 bridgehead atoms. The van der Waals surface area contributed by atoms with Crippen molar-refractivity contribution in [1.29, 1.82) is 0 Å². The lowest BCUT2D eigenvalue weighted by Crippen LogP contribution is -2.53. The van der Waals surface area contributed by atoms with Crippen LogP contribution in [0.25, 0.3) is 10.9 Å². The van der Waals surface area contributed by atoms with Gasteiger partial charge in [0.1, 0.15) is 6.23 Å². The molecule has 1 fully saturated rings. The first-order valence-corrected chi connectivity index (χ1v) is 9.74. The molecule has 1 aliphatic rings. The fraction of sp³-hybridized carbons (Fsp3) is 0.304. The standard InChI is InChI=1S/C23H25N3O3/c1-25-12-13-26(22(15-25)29-16-17-8-4-3-5-9-17)21-14-20(23(27)28-2)24-19-11-7-6-10-18(19)21/h3-11,14,22H,12-13,15-16H2,1-2H3. The number of anilines is 1. The van der Waals surface area contributed by atoms with E-state index in [1.165, 1.54) is 7.11 Å². The second-order valence-electron chi connectivity index (χ2n) is 7.24. The normalized spacial score (nSPS) is 17.4. The second-order valence-corrected chi connectivity index (χ2v) is 7.24. The summed E-state index contributed by atoms with van der Waals surface area (Å²) >= 11 is 0. The smallest absolute Gasteiger partial charge is 0.356 e. The Labute approximate surface area is 170 Å². The monoisotopic (exact) mass is 391 g/mol. The quantitative estimate of drug-likeness (QED) is 0.622. The lowest BCUT2D eigenvalue weighted by atomic mass is 10.1. The van der Waals surface area contributed by atoms with Gasteiger partial charge in [-0.25, -0.2) is 9.78 Å². The van der Waals surface area contributed by atoms with Crippen LogP contribution in [0.2, 0.25) is 0 Å². The molecule has 6 heteroatoms. The molecule has 0 spiro atoms. The van der Waals surface area contributed by atoms with E-state index in [0.29, 0.717) is 12.3 Å². The van der Waals surface area contributed by atoms with Crippen LogP contribution >= 0.6 is 0 Å². The Kier molecular flexibility index (Phi) is 5.74. The van der Waals surface area contributed by atoms with Gasteiger partial charge in [0.15, 0.2) is 5.69 Å². The molecule has 0 saturated carbocycles. The van der Waals surface area contributed by atoms with Crippen molar-refractivity contribution in [1.82, 2.24) is 9.88 Å². The second kappa shape index (κ2) is 8.59. The number of likely N-dealkylation sites (N-methyl/N-ethyl adjacent to an activating group) is 1. The minimum absolute atomic E-state index is 0.134. The zero-order valence-corrected chi connectivity index (χ0v) is 16.7. The molecule has 6 nitrogen and oxygen atoms in total. The van der Waals surface area contributed by atoms with Gasteiger partial charge in [-0.15, -0.1) is 0 Å². The summed E-state index contributed by atoms with van der Waals surface area (Å²) in [5.74, 6) is -0.437. The van der Waals surface area contributed by atoms with Gasteiger partial charge in [0.05, 0.1) is 24.9 Å². The van der Waals surface area contributed by atoms with E-state index < -0.39 is 5.97 Å². The van der Waals surface area contributed by atoms with Gasteiger partial charge >= 0.3 is 5.97 Å². The number of pyridine rings is 1. The van der Waals surface area contributed by atoms with Gasteiger partial charge < -0.3 is 19.3 Å². The van der Waals surface area contributed by atoms with E-state index in [1.807, 2.05) is 48.5 Å². The molecule has 1 atom stereocenters. The Morgan fingerprint density at radius 3 is 2.66 bits per heavy atom. The van der Waals surface area contributed by atoms with E-state index in [4.69, 9.17) is 9.47 Å². The number of piperazine rings is 1. The van der Waals surface area contributed by atoms with E-state index in [9.17, 15) is 4.79 Å². The van der Waals surface area contributed by atoms with Gasteiger partial charge in [-0.2, -0.15) is 0 Å². The van der Waals surface area contributed by atoms with Crippen molar-refractivity contribution in [3.63, 3.8) is 0 Å². The number of hydrogen-bond donors (Lipinski definition) is 0. The number of fused-ring (bicyclic) bond motifs is 1. The first kappa shape index (κ1) is 19.4. The van der Waals surface area contributed by atoms with Crippen LogP contribution in [0.5, 0.6) is 0 Å². The van der Waals surface area contributed by atoms with Crippen LogP contribution in [0.1, 0.15) is 16.1 Å². The van der Waals surface area contributed by atoms with Gasteiger partial charge in [-0.1, -0.05) is 48.5 Å². The largest absolute Gasteiger partial charge is 0.464 e. The van der Waals surface area contributed by atoms with Crippen molar-refractivity contribution in [2.24, 2.45) is 0 Å². The number of nitrogens with zero attached hydrogens (tertiary/aromatic N) is 3. The van der Waals surface area contributed by atoms with E-state index in [0.717, 1.165) is 41.8 Å². The summed E-state index contributed by atoms with van der Waals surface area (Å²) < 4.78 is 11.2. The first-order valence-electron chi connectivity index (χ1n) is 9.74. The molecular weight excluding hydrogens is 366 g/mol. The number of hydrogen-bond acceptors (Lipinski definition) is 6. The number of para-hydroxylation sites is 1. The fourth-order valence-corrected chi connectivity index (χ4v) is 3.67. The predicted octanol–water partition coefficient (Wildman–Crippen LogP) is 3.32. The van der Waals surface area contributed by atoms with Crippen LogP contribution in [-0.4, -0.2) is 55.9 Å². The van der Waals surface area contributed by atoms with Crippen molar-refractivity contribution >= 4 is 22.6 Å². The van der Waals surface area contributed by atoms with Crippen molar-refractivity contribution in [2.45, 2.75) is 12.8 Å². The molecule has 0 radical (unpaired) electrons. The molecule has 29 heavy (non-hydrogen) atoms. The predicted molar refractivity (Wildman–Crippen MR) is 113 cm³/mol. The third-order valence-electron chi connectivity index (χ3n) is 5.22. The lowest BCUT2D eigenvalue weighted by Gasteiger charge is -2.41. The van der Waals surface area contributed by atoms with E-state index in [1.54, 1.807) is 0 Å². The molecule has 1 saturated heterocycles. The third kappa shape index (κ3) is 4.23. The molecule has 1 aromatic heterocycles. The summed E-state index contributed by atoms with van der Waals surface area (Å²) in [4.78, 5) is 21.2. The molecule has 4 rings (SSSR count). The maximum absolute atomic E-state index is 12.2. The van der Waals surface area contributed by atoms with Crippen molar-refractivity contribution in [2.75, 3.05) is 38.7 Å². The highest BCUT2D eigenvalue weighted by Gasteiger charge is 2.28. The number of esters is 1. The van der Waals surface area contributed by atoms with Crippen LogP contribution in [0.15, 0.2) is 60.7 Å². The zero-order chi connectivity index (χ0) is 20.2.